The van der Waals surface area contributed by atoms with Crippen LogP contribution in [0.2, 0.25) is 0 Å². The van der Waals surface area contributed by atoms with Crippen LogP contribution in [0, 0.1) is 11.8 Å². The van der Waals surface area contributed by atoms with Crippen molar-refractivity contribution in [1.29, 1.82) is 0 Å². The van der Waals surface area contributed by atoms with E-state index in [0.29, 0.717) is 12.6 Å². The maximum absolute atomic E-state index is 13.1. The standard InChI is InChI=1S/C18H20F3N5O3S2/c1-3-4-14-11-25(31(28,29)16-24-23-15(22)30-16)9-10-26(14)13-7-5-12(6-8-13)17(2,27)18(19,20)21/h5-8,14,27H,9-11H2,1-2H3,(H2,22,23)/t14-,17?/m1/s1. The molecule has 8 nitrogen and oxygen atoms in total. The average Bonchev–Trinajstić information content (AvgIpc) is 3.15. The molecule has 1 aromatic heterocycles. The van der Waals surface area contributed by atoms with Gasteiger partial charge in [-0.15, -0.1) is 16.1 Å². The van der Waals surface area contributed by atoms with Gasteiger partial charge < -0.3 is 15.7 Å². The number of benzene rings is 1. The molecule has 1 unspecified atom stereocenters. The number of aliphatic hydroxyl groups is 1. The minimum Gasteiger partial charge on any atom is -0.376 e. The molecule has 0 saturated carbocycles. The van der Waals surface area contributed by atoms with Crippen molar-refractivity contribution in [2.75, 3.05) is 30.3 Å². The zero-order valence-corrected chi connectivity index (χ0v) is 18.2. The molecule has 0 amide bonds. The fourth-order valence-electron chi connectivity index (χ4n) is 3.15. The van der Waals surface area contributed by atoms with Gasteiger partial charge in [0.15, 0.2) is 5.60 Å². The van der Waals surface area contributed by atoms with E-state index in [0.717, 1.165) is 11.3 Å². The van der Waals surface area contributed by atoms with Crippen molar-refractivity contribution in [3.8, 4) is 11.8 Å². The van der Waals surface area contributed by atoms with Crippen LogP contribution >= 0.6 is 11.3 Å². The highest BCUT2D eigenvalue weighted by atomic mass is 32.2. The molecule has 168 valence electrons. The van der Waals surface area contributed by atoms with Crippen molar-refractivity contribution in [2.45, 2.75) is 36.0 Å². The first-order valence-corrected chi connectivity index (χ1v) is 11.3. The molecule has 13 heteroatoms. The SMILES string of the molecule is CC#C[C@@H]1CN(S(=O)(=O)c2nnc(N)s2)CCN1c1ccc(C(C)(O)C(F)(F)F)cc1. The molecule has 3 N–H and O–H groups in total. The van der Waals surface area contributed by atoms with Crippen molar-refractivity contribution in [3.05, 3.63) is 29.8 Å². The number of hydrogen-bond donors (Lipinski definition) is 2. The molecule has 1 saturated heterocycles. The minimum atomic E-state index is -4.82. The Hall–Kier alpha value is -2.40. The van der Waals surface area contributed by atoms with Gasteiger partial charge in [-0.05, 0) is 31.5 Å². The number of nitrogen functional groups attached to an aromatic ring is 1. The highest BCUT2D eigenvalue weighted by Gasteiger charge is 2.51. The fourth-order valence-corrected chi connectivity index (χ4v) is 5.51. The Kier molecular flexibility index (Phi) is 6.21. The second-order valence-corrected chi connectivity index (χ2v) is 10.1. The molecule has 1 aliphatic heterocycles. The number of rotatable bonds is 4. The van der Waals surface area contributed by atoms with E-state index in [-0.39, 0.29) is 34.7 Å². The maximum Gasteiger partial charge on any atom is 0.421 e. The summed E-state index contributed by atoms with van der Waals surface area (Å²) in [6.45, 7) is 2.70. The zero-order valence-electron chi connectivity index (χ0n) is 16.6. The Bertz CT molecular complexity index is 1100. The molecular formula is C18H20F3N5O3S2. The lowest BCUT2D eigenvalue weighted by molar-refractivity contribution is -0.258. The van der Waals surface area contributed by atoms with Crippen LogP contribution in [0.15, 0.2) is 28.6 Å². The van der Waals surface area contributed by atoms with Gasteiger partial charge in [0.25, 0.3) is 10.0 Å². The van der Waals surface area contributed by atoms with Gasteiger partial charge in [0.05, 0.1) is 0 Å². The Labute approximate surface area is 181 Å². The summed E-state index contributed by atoms with van der Waals surface area (Å²) in [4.78, 5) is 1.81. The predicted molar refractivity (Wildman–Crippen MR) is 110 cm³/mol. The highest BCUT2D eigenvalue weighted by Crippen LogP contribution is 2.39. The molecule has 31 heavy (non-hydrogen) atoms. The lowest BCUT2D eigenvalue weighted by atomic mass is 9.95. The molecule has 3 rings (SSSR count). The van der Waals surface area contributed by atoms with Crippen LogP contribution in [0.1, 0.15) is 19.4 Å². The summed E-state index contributed by atoms with van der Waals surface area (Å²) >= 11 is 0.767. The van der Waals surface area contributed by atoms with Crippen molar-refractivity contribution in [1.82, 2.24) is 14.5 Å². The van der Waals surface area contributed by atoms with E-state index in [1.807, 2.05) is 4.90 Å². The topological polar surface area (TPSA) is 113 Å². The summed E-state index contributed by atoms with van der Waals surface area (Å²) < 4.78 is 65.9. The molecule has 1 aromatic carbocycles. The van der Waals surface area contributed by atoms with Crippen LogP contribution in [-0.4, -0.2) is 59.9 Å². The Morgan fingerprint density at radius 1 is 1.23 bits per heavy atom. The van der Waals surface area contributed by atoms with Crippen LogP contribution in [-0.2, 0) is 15.6 Å². The summed E-state index contributed by atoms with van der Waals surface area (Å²) in [6, 6.07) is 4.77. The third kappa shape index (κ3) is 4.47. The number of alkyl halides is 3. The van der Waals surface area contributed by atoms with Gasteiger partial charge in [-0.2, -0.15) is 17.5 Å². The first-order valence-electron chi connectivity index (χ1n) is 9.05. The normalized spacial score (nSPS) is 20.1. The Balaban J connectivity index is 1.84. The van der Waals surface area contributed by atoms with E-state index in [4.69, 9.17) is 5.73 Å². The monoisotopic (exact) mass is 475 g/mol. The van der Waals surface area contributed by atoms with Crippen LogP contribution in [0.5, 0.6) is 0 Å². The molecule has 1 aliphatic rings. The van der Waals surface area contributed by atoms with Crippen LogP contribution in [0.4, 0.5) is 24.0 Å². The number of nitrogens with two attached hydrogens (primary N) is 1. The van der Waals surface area contributed by atoms with Crippen LogP contribution in [0.3, 0.4) is 0 Å². The second-order valence-electron chi connectivity index (χ2n) is 6.99. The van der Waals surface area contributed by atoms with E-state index < -0.39 is 27.8 Å². The number of nitrogens with zero attached hydrogens (tertiary/aromatic N) is 4. The molecular weight excluding hydrogens is 455 g/mol. The zero-order chi connectivity index (χ0) is 23.0. The third-order valence-electron chi connectivity index (χ3n) is 4.95. The molecule has 1 fully saturated rings. The van der Waals surface area contributed by atoms with Crippen LogP contribution < -0.4 is 10.6 Å². The summed E-state index contributed by atoms with van der Waals surface area (Å²) in [5.74, 6) is 5.71. The largest absolute Gasteiger partial charge is 0.421 e. The maximum atomic E-state index is 13.1. The molecule has 0 bridgehead atoms. The summed E-state index contributed by atoms with van der Waals surface area (Å²) in [5.41, 5.74) is 2.78. The number of halogens is 3. The Morgan fingerprint density at radius 2 is 1.87 bits per heavy atom. The third-order valence-corrected chi connectivity index (χ3v) is 7.91. The van der Waals surface area contributed by atoms with Crippen LogP contribution in [0.25, 0.3) is 0 Å². The summed E-state index contributed by atoms with van der Waals surface area (Å²) in [6.07, 6.45) is -4.82. The lowest BCUT2D eigenvalue weighted by Gasteiger charge is -2.39. The van der Waals surface area contributed by atoms with E-state index in [9.17, 15) is 26.7 Å². The van der Waals surface area contributed by atoms with E-state index in [1.165, 1.54) is 28.6 Å². The number of aromatic nitrogens is 2. The van der Waals surface area contributed by atoms with Crippen molar-refractivity contribution < 1.29 is 26.7 Å². The van der Waals surface area contributed by atoms with E-state index >= 15 is 0 Å². The van der Waals surface area contributed by atoms with E-state index in [1.54, 1.807) is 6.92 Å². The van der Waals surface area contributed by atoms with Gasteiger partial charge in [0.2, 0.25) is 9.47 Å². The van der Waals surface area contributed by atoms with Crippen molar-refractivity contribution in [3.63, 3.8) is 0 Å². The number of piperazine rings is 1. The second kappa shape index (κ2) is 8.27. The van der Waals surface area contributed by atoms with Gasteiger partial charge >= 0.3 is 6.18 Å². The molecule has 2 atom stereocenters. The molecule has 0 aliphatic carbocycles. The quantitative estimate of drug-likeness (QED) is 0.649. The predicted octanol–water partition coefficient (Wildman–Crippen LogP) is 1.79. The molecule has 0 radical (unpaired) electrons. The summed E-state index contributed by atoms with van der Waals surface area (Å²) in [7, 11) is -3.89. The van der Waals surface area contributed by atoms with Gasteiger partial charge in [-0.3, -0.25) is 0 Å². The molecule has 2 heterocycles. The van der Waals surface area contributed by atoms with Gasteiger partial charge in [-0.1, -0.05) is 29.4 Å². The first kappa shape index (κ1) is 23.3. The summed E-state index contributed by atoms with van der Waals surface area (Å²) in [5, 5.41) is 17.0. The van der Waals surface area contributed by atoms with Gasteiger partial charge in [0.1, 0.15) is 6.04 Å². The number of sulfonamides is 1. The van der Waals surface area contributed by atoms with Gasteiger partial charge in [-0.25, -0.2) is 8.42 Å². The van der Waals surface area contributed by atoms with Crippen molar-refractivity contribution in [2.24, 2.45) is 0 Å². The van der Waals surface area contributed by atoms with Crippen molar-refractivity contribution >= 4 is 32.2 Å². The number of hydrogen-bond acceptors (Lipinski definition) is 8. The smallest absolute Gasteiger partial charge is 0.376 e. The van der Waals surface area contributed by atoms with Gasteiger partial charge in [0, 0.05) is 25.3 Å². The Morgan fingerprint density at radius 3 is 2.39 bits per heavy atom. The highest BCUT2D eigenvalue weighted by molar-refractivity contribution is 7.91. The van der Waals surface area contributed by atoms with E-state index in [2.05, 4.69) is 22.0 Å². The molecule has 0 spiro atoms. The minimum absolute atomic E-state index is 0.0324. The number of anilines is 2. The first-order chi connectivity index (χ1) is 14.4. The average molecular weight is 476 g/mol. The fraction of sp³-hybridized carbons (Fsp3) is 0.444. The molecule has 2 aromatic rings. The lowest BCUT2D eigenvalue weighted by Crippen LogP contribution is -2.54.